The van der Waals surface area contributed by atoms with Gasteiger partial charge in [-0.25, -0.2) is 4.98 Å². The van der Waals surface area contributed by atoms with Gasteiger partial charge in [0.2, 0.25) is 0 Å². The molecule has 0 spiro atoms. The standard InChI is InChI=1S/C17H16N2O3/c1-21-10-11-22-13-8-6-12(7-9-13)16-18-15-5-3-2-4-14(15)17(20)19-16/h2-9H,10-11H2,1H3,(H,18,19,20). The number of hydrogen-bond acceptors (Lipinski definition) is 4. The zero-order valence-corrected chi connectivity index (χ0v) is 12.2. The molecule has 0 bridgehead atoms. The number of hydrogen-bond donors (Lipinski definition) is 1. The fourth-order valence-corrected chi connectivity index (χ4v) is 2.18. The van der Waals surface area contributed by atoms with Crippen molar-refractivity contribution >= 4 is 10.9 Å². The number of H-pyrrole nitrogens is 1. The largest absolute Gasteiger partial charge is 0.491 e. The topological polar surface area (TPSA) is 64.2 Å². The second kappa shape index (κ2) is 6.41. The summed E-state index contributed by atoms with van der Waals surface area (Å²) in [7, 11) is 1.63. The SMILES string of the molecule is COCCOc1ccc(-c2nc3ccccc3c(=O)[nH]2)cc1. The van der Waals surface area contributed by atoms with Crippen LogP contribution in [0.5, 0.6) is 5.75 Å². The Morgan fingerprint density at radius 3 is 2.59 bits per heavy atom. The first kappa shape index (κ1) is 14.3. The maximum absolute atomic E-state index is 12.1. The van der Waals surface area contributed by atoms with Gasteiger partial charge in [0.1, 0.15) is 18.2 Å². The molecule has 0 amide bonds. The summed E-state index contributed by atoms with van der Waals surface area (Å²) in [5.41, 5.74) is 1.38. The van der Waals surface area contributed by atoms with Gasteiger partial charge in [-0.15, -0.1) is 0 Å². The third kappa shape index (κ3) is 2.99. The van der Waals surface area contributed by atoms with Crippen molar-refractivity contribution in [3.05, 3.63) is 58.9 Å². The minimum absolute atomic E-state index is 0.138. The van der Waals surface area contributed by atoms with Crippen molar-refractivity contribution < 1.29 is 9.47 Å². The lowest BCUT2D eigenvalue weighted by atomic mass is 10.2. The molecule has 3 aromatic rings. The number of para-hydroxylation sites is 1. The molecule has 0 aliphatic heterocycles. The molecule has 112 valence electrons. The molecule has 0 fully saturated rings. The van der Waals surface area contributed by atoms with Gasteiger partial charge in [-0.1, -0.05) is 12.1 Å². The van der Waals surface area contributed by atoms with E-state index in [0.717, 1.165) is 11.3 Å². The molecule has 5 nitrogen and oxygen atoms in total. The van der Waals surface area contributed by atoms with E-state index in [9.17, 15) is 4.79 Å². The molecule has 2 aromatic carbocycles. The minimum atomic E-state index is -0.138. The fraction of sp³-hybridized carbons (Fsp3) is 0.176. The Morgan fingerprint density at radius 2 is 1.82 bits per heavy atom. The van der Waals surface area contributed by atoms with Crippen molar-refractivity contribution in [3.8, 4) is 17.1 Å². The summed E-state index contributed by atoms with van der Waals surface area (Å²) in [6.45, 7) is 1.04. The fourth-order valence-electron chi connectivity index (χ4n) is 2.18. The summed E-state index contributed by atoms with van der Waals surface area (Å²) >= 11 is 0. The first-order valence-corrected chi connectivity index (χ1v) is 6.99. The molecular formula is C17H16N2O3. The number of ether oxygens (including phenoxy) is 2. The average Bonchev–Trinajstić information content (AvgIpc) is 2.56. The van der Waals surface area contributed by atoms with Crippen LogP contribution in [0.15, 0.2) is 53.3 Å². The predicted octanol–water partition coefficient (Wildman–Crippen LogP) is 2.62. The third-order valence-corrected chi connectivity index (χ3v) is 3.30. The van der Waals surface area contributed by atoms with Crippen LogP contribution >= 0.6 is 0 Å². The van der Waals surface area contributed by atoms with E-state index >= 15 is 0 Å². The van der Waals surface area contributed by atoms with Crippen molar-refractivity contribution in [1.82, 2.24) is 9.97 Å². The molecule has 0 saturated carbocycles. The number of methoxy groups -OCH3 is 1. The number of fused-ring (bicyclic) bond motifs is 1. The van der Waals surface area contributed by atoms with Crippen LogP contribution in [0.25, 0.3) is 22.3 Å². The van der Waals surface area contributed by atoms with Crippen LogP contribution in [0.4, 0.5) is 0 Å². The molecule has 5 heteroatoms. The maximum Gasteiger partial charge on any atom is 0.259 e. The minimum Gasteiger partial charge on any atom is -0.491 e. The lowest BCUT2D eigenvalue weighted by Crippen LogP contribution is -2.09. The van der Waals surface area contributed by atoms with E-state index in [0.29, 0.717) is 29.9 Å². The second-order valence-corrected chi connectivity index (χ2v) is 4.80. The Labute approximate surface area is 127 Å². The van der Waals surface area contributed by atoms with E-state index in [1.54, 1.807) is 13.2 Å². The molecule has 3 rings (SSSR count). The van der Waals surface area contributed by atoms with E-state index in [1.165, 1.54) is 0 Å². The Bertz CT molecular complexity index is 825. The van der Waals surface area contributed by atoms with Crippen LogP contribution < -0.4 is 10.3 Å². The summed E-state index contributed by atoms with van der Waals surface area (Å²) in [5, 5.41) is 0.589. The van der Waals surface area contributed by atoms with Crippen LogP contribution in [0.2, 0.25) is 0 Å². The number of benzene rings is 2. The normalized spacial score (nSPS) is 10.8. The van der Waals surface area contributed by atoms with Crippen molar-refractivity contribution in [2.45, 2.75) is 0 Å². The Kier molecular flexibility index (Phi) is 4.16. The number of aromatic nitrogens is 2. The van der Waals surface area contributed by atoms with Gasteiger partial charge in [-0.3, -0.25) is 4.79 Å². The molecule has 0 aliphatic rings. The summed E-state index contributed by atoms with van der Waals surface area (Å²) in [4.78, 5) is 19.4. The van der Waals surface area contributed by atoms with Crippen LogP contribution in [-0.2, 0) is 4.74 Å². The van der Waals surface area contributed by atoms with Gasteiger partial charge in [0.05, 0.1) is 17.5 Å². The zero-order chi connectivity index (χ0) is 15.4. The number of nitrogens with one attached hydrogen (secondary N) is 1. The Morgan fingerprint density at radius 1 is 1.05 bits per heavy atom. The highest BCUT2D eigenvalue weighted by molar-refractivity contribution is 5.79. The van der Waals surface area contributed by atoms with E-state index in [2.05, 4.69) is 9.97 Å². The Balaban J connectivity index is 1.89. The van der Waals surface area contributed by atoms with Crippen molar-refractivity contribution in [2.24, 2.45) is 0 Å². The molecule has 22 heavy (non-hydrogen) atoms. The molecule has 0 radical (unpaired) electrons. The lowest BCUT2D eigenvalue weighted by Gasteiger charge is -2.07. The van der Waals surface area contributed by atoms with Gasteiger partial charge in [-0.05, 0) is 36.4 Å². The van der Waals surface area contributed by atoms with E-state index in [1.807, 2.05) is 42.5 Å². The summed E-state index contributed by atoms with van der Waals surface area (Å²) in [6.07, 6.45) is 0. The van der Waals surface area contributed by atoms with E-state index in [-0.39, 0.29) is 5.56 Å². The first-order chi connectivity index (χ1) is 10.8. The molecule has 0 saturated heterocycles. The summed E-state index contributed by atoms with van der Waals surface area (Å²) in [5.74, 6) is 1.30. The number of rotatable bonds is 5. The summed E-state index contributed by atoms with van der Waals surface area (Å²) < 4.78 is 10.4. The van der Waals surface area contributed by atoms with Crippen LogP contribution in [0.3, 0.4) is 0 Å². The van der Waals surface area contributed by atoms with Crippen molar-refractivity contribution in [2.75, 3.05) is 20.3 Å². The highest BCUT2D eigenvalue weighted by Gasteiger charge is 2.05. The van der Waals surface area contributed by atoms with Gasteiger partial charge in [0, 0.05) is 12.7 Å². The van der Waals surface area contributed by atoms with Gasteiger partial charge in [0.15, 0.2) is 0 Å². The average molecular weight is 296 g/mol. The van der Waals surface area contributed by atoms with Crippen molar-refractivity contribution in [1.29, 1.82) is 0 Å². The van der Waals surface area contributed by atoms with Gasteiger partial charge in [-0.2, -0.15) is 0 Å². The van der Waals surface area contributed by atoms with Crippen LogP contribution in [-0.4, -0.2) is 30.3 Å². The molecule has 1 aromatic heterocycles. The number of nitrogens with zero attached hydrogens (tertiary/aromatic N) is 1. The third-order valence-electron chi connectivity index (χ3n) is 3.30. The first-order valence-electron chi connectivity index (χ1n) is 6.99. The van der Waals surface area contributed by atoms with Crippen LogP contribution in [0.1, 0.15) is 0 Å². The lowest BCUT2D eigenvalue weighted by molar-refractivity contribution is 0.146. The van der Waals surface area contributed by atoms with Gasteiger partial charge >= 0.3 is 0 Å². The molecular weight excluding hydrogens is 280 g/mol. The monoisotopic (exact) mass is 296 g/mol. The predicted molar refractivity (Wildman–Crippen MR) is 85.2 cm³/mol. The number of aromatic amines is 1. The maximum atomic E-state index is 12.1. The second-order valence-electron chi connectivity index (χ2n) is 4.80. The molecule has 0 atom stereocenters. The quantitative estimate of drug-likeness (QED) is 0.735. The zero-order valence-electron chi connectivity index (χ0n) is 12.2. The molecule has 0 aliphatic carbocycles. The molecule has 1 N–H and O–H groups in total. The van der Waals surface area contributed by atoms with Gasteiger partial charge in [0.25, 0.3) is 5.56 Å². The molecule has 0 unspecified atom stereocenters. The Hall–Kier alpha value is -2.66. The summed E-state index contributed by atoms with van der Waals surface area (Å²) in [6, 6.07) is 14.7. The smallest absolute Gasteiger partial charge is 0.259 e. The van der Waals surface area contributed by atoms with Crippen LogP contribution in [0, 0.1) is 0 Å². The van der Waals surface area contributed by atoms with E-state index < -0.39 is 0 Å². The van der Waals surface area contributed by atoms with Gasteiger partial charge < -0.3 is 14.5 Å². The highest BCUT2D eigenvalue weighted by atomic mass is 16.5. The van der Waals surface area contributed by atoms with E-state index in [4.69, 9.17) is 9.47 Å². The molecule has 1 heterocycles. The highest BCUT2D eigenvalue weighted by Crippen LogP contribution is 2.20. The van der Waals surface area contributed by atoms with Crippen molar-refractivity contribution in [3.63, 3.8) is 0 Å².